The van der Waals surface area contributed by atoms with Gasteiger partial charge in [0.15, 0.2) is 0 Å². The van der Waals surface area contributed by atoms with E-state index < -0.39 is 0 Å². The van der Waals surface area contributed by atoms with Crippen molar-refractivity contribution in [1.29, 1.82) is 0 Å². The Balaban J connectivity index is 2.13. The van der Waals surface area contributed by atoms with Gasteiger partial charge in [-0.3, -0.25) is 0 Å². The number of anilines is 1. The highest BCUT2D eigenvalue weighted by molar-refractivity contribution is 5.67. The summed E-state index contributed by atoms with van der Waals surface area (Å²) in [5, 5.41) is 11.5. The average Bonchev–Trinajstić information content (AvgIpc) is 2.48. The summed E-state index contributed by atoms with van der Waals surface area (Å²) in [4.78, 5) is 0. The molecule has 0 aliphatic rings. The third-order valence-corrected chi connectivity index (χ3v) is 2.73. The summed E-state index contributed by atoms with van der Waals surface area (Å²) in [6.07, 6.45) is 0.913. The monoisotopic (exact) mass is 258 g/mol. The standard InChI is InChI=1S/C14H18N4O/c1-19-13-6-3-2-5-11(13)12-7-8-14(18-17-12)16-10-4-9-15/h2-3,5-8H,4,9-10,15H2,1H3,(H,16,18). The number of aromatic nitrogens is 2. The Kier molecular flexibility index (Phi) is 4.69. The highest BCUT2D eigenvalue weighted by atomic mass is 16.5. The van der Waals surface area contributed by atoms with E-state index in [1.165, 1.54) is 0 Å². The molecule has 0 aliphatic heterocycles. The topological polar surface area (TPSA) is 73.1 Å². The lowest BCUT2D eigenvalue weighted by Crippen LogP contribution is -2.09. The molecule has 1 aromatic heterocycles. The molecule has 0 atom stereocenters. The molecule has 1 aromatic carbocycles. The predicted octanol–water partition coefficient (Wildman–Crippen LogP) is 1.91. The summed E-state index contributed by atoms with van der Waals surface area (Å²) < 4.78 is 5.31. The molecule has 0 amide bonds. The first-order valence-corrected chi connectivity index (χ1v) is 6.26. The number of nitrogens with two attached hydrogens (primary N) is 1. The molecule has 5 heteroatoms. The number of hydrogen-bond acceptors (Lipinski definition) is 5. The van der Waals surface area contributed by atoms with Gasteiger partial charge in [0.1, 0.15) is 11.6 Å². The van der Waals surface area contributed by atoms with Gasteiger partial charge in [-0.05, 0) is 37.2 Å². The third kappa shape index (κ3) is 3.42. The zero-order valence-electron chi connectivity index (χ0n) is 11.0. The molecular formula is C14H18N4O. The number of nitrogens with one attached hydrogen (secondary N) is 1. The average molecular weight is 258 g/mol. The van der Waals surface area contributed by atoms with Crippen LogP contribution in [0, 0.1) is 0 Å². The van der Waals surface area contributed by atoms with Gasteiger partial charge >= 0.3 is 0 Å². The Bertz CT molecular complexity index is 513. The number of rotatable bonds is 6. The van der Waals surface area contributed by atoms with E-state index in [9.17, 15) is 0 Å². The zero-order valence-corrected chi connectivity index (χ0v) is 11.0. The van der Waals surface area contributed by atoms with Crippen molar-refractivity contribution in [3.63, 3.8) is 0 Å². The number of benzene rings is 1. The fourth-order valence-corrected chi connectivity index (χ4v) is 1.74. The summed E-state index contributed by atoms with van der Waals surface area (Å²) in [5.41, 5.74) is 7.16. The van der Waals surface area contributed by atoms with Crippen LogP contribution in [0.3, 0.4) is 0 Å². The second kappa shape index (κ2) is 6.70. The Morgan fingerprint density at radius 1 is 1.16 bits per heavy atom. The molecule has 0 unspecified atom stereocenters. The second-order valence-electron chi connectivity index (χ2n) is 4.07. The minimum absolute atomic E-state index is 0.666. The van der Waals surface area contributed by atoms with E-state index in [1.807, 2.05) is 36.4 Å². The maximum atomic E-state index is 5.43. The SMILES string of the molecule is COc1ccccc1-c1ccc(NCCCN)nn1. The van der Waals surface area contributed by atoms with Gasteiger partial charge in [-0.1, -0.05) is 12.1 Å². The Morgan fingerprint density at radius 2 is 2.00 bits per heavy atom. The maximum absolute atomic E-state index is 5.43. The first kappa shape index (κ1) is 13.3. The van der Waals surface area contributed by atoms with Crippen molar-refractivity contribution in [2.75, 3.05) is 25.5 Å². The van der Waals surface area contributed by atoms with Gasteiger partial charge in [0.2, 0.25) is 0 Å². The van der Waals surface area contributed by atoms with Crippen LogP contribution in [0.2, 0.25) is 0 Å². The number of hydrogen-bond donors (Lipinski definition) is 2. The number of methoxy groups -OCH3 is 1. The molecule has 2 rings (SSSR count). The highest BCUT2D eigenvalue weighted by Gasteiger charge is 2.06. The fraction of sp³-hybridized carbons (Fsp3) is 0.286. The van der Waals surface area contributed by atoms with E-state index in [0.29, 0.717) is 6.54 Å². The van der Waals surface area contributed by atoms with Crippen LogP contribution in [-0.4, -0.2) is 30.4 Å². The molecule has 3 N–H and O–H groups in total. The molecule has 0 saturated carbocycles. The van der Waals surface area contributed by atoms with E-state index in [2.05, 4.69) is 15.5 Å². The predicted molar refractivity (Wildman–Crippen MR) is 76.2 cm³/mol. The summed E-state index contributed by atoms with van der Waals surface area (Å²) in [7, 11) is 1.65. The summed E-state index contributed by atoms with van der Waals surface area (Å²) in [6, 6.07) is 11.6. The van der Waals surface area contributed by atoms with Crippen LogP contribution in [0.25, 0.3) is 11.3 Å². The summed E-state index contributed by atoms with van der Waals surface area (Å²) in [5.74, 6) is 1.55. The van der Waals surface area contributed by atoms with Crippen LogP contribution in [0.5, 0.6) is 5.75 Å². The second-order valence-corrected chi connectivity index (χ2v) is 4.07. The molecule has 0 bridgehead atoms. The van der Waals surface area contributed by atoms with Crippen LogP contribution >= 0.6 is 0 Å². The fourth-order valence-electron chi connectivity index (χ4n) is 1.74. The molecule has 2 aromatic rings. The molecule has 0 radical (unpaired) electrons. The molecular weight excluding hydrogens is 240 g/mol. The van der Waals surface area contributed by atoms with Gasteiger partial charge in [-0.15, -0.1) is 10.2 Å². The maximum Gasteiger partial charge on any atom is 0.148 e. The molecule has 5 nitrogen and oxygen atoms in total. The van der Waals surface area contributed by atoms with Crippen molar-refractivity contribution >= 4 is 5.82 Å². The van der Waals surface area contributed by atoms with Crippen LogP contribution in [0.15, 0.2) is 36.4 Å². The highest BCUT2D eigenvalue weighted by Crippen LogP contribution is 2.27. The first-order chi connectivity index (χ1) is 9.35. The lowest BCUT2D eigenvalue weighted by molar-refractivity contribution is 0.416. The van der Waals surface area contributed by atoms with Crippen molar-refractivity contribution in [3.8, 4) is 17.0 Å². The molecule has 100 valence electrons. The molecule has 1 heterocycles. The third-order valence-electron chi connectivity index (χ3n) is 2.73. The van der Waals surface area contributed by atoms with Crippen molar-refractivity contribution in [2.45, 2.75) is 6.42 Å². The largest absolute Gasteiger partial charge is 0.496 e. The van der Waals surface area contributed by atoms with Gasteiger partial charge in [0.25, 0.3) is 0 Å². The lowest BCUT2D eigenvalue weighted by atomic mass is 10.1. The van der Waals surface area contributed by atoms with Gasteiger partial charge in [-0.2, -0.15) is 0 Å². The smallest absolute Gasteiger partial charge is 0.148 e. The molecule has 0 aliphatic carbocycles. The quantitative estimate of drug-likeness (QED) is 0.774. The van der Waals surface area contributed by atoms with E-state index in [4.69, 9.17) is 10.5 Å². The zero-order chi connectivity index (χ0) is 13.5. The summed E-state index contributed by atoms with van der Waals surface area (Å²) >= 11 is 0. The molecule has 19 heavy (non-hydrogen) atoms. The Labute approximate surface area is 112 Å². The number of nitrogens with zero attached hydrogens (tertiary/aromatic N) is 2. The van der Waals surface area contributed by atoms with Gasteiger partial charge in [0.05, 0.1) is 12.8 Å². The van der Waals surface area contributed by atoms with Crippen LogP contribution in [0.1, 0.15) is 6.42 Å². The van der Waals surface area contributed by atoms with Gasteiger partial charge in [-0.25, -0.2) is 0 Å². The number of para-hydroxylation sites is 1. The van der Waals surface area contributed by atoms with Crippen molar-refractivity contribution in [3.05, 3.63) is 36.4 Å². The Morgan fingerprint density at radius 3 is 2.68 bits per heavy atom. The normalized spacial score (nSPS) is 10.2. The van der Waals surface area contributed by atoms with Crippen LogP contribution in [-0.2, 0) is 0 Å². The molecule has 0 spiro atoms. The minimum Gasteiger partial charge on any atom is -0.496 e. The molecule has 0 fully saturated rings. The van der Waals surface area contributed by atoms with E-state index in [1.54, 1.807) is 7.11 Å². The number of ether oxygens (including phenoxy) is 1. The van der Waals surface area contributed by atoms with E-state index >= 15 is 0 Å². The van der Waals surface area contributed by atoms with Gasteiger partial charge in [0, 0.05) is 12.1 Å². The van der Waals surface area contributed by atoms with Crippen molar-refractivity contribution in [1.82, 2.24) is 10.2 Å². The van der Waals surface area contributed by atoms with Crippen LogP contribution < -0.4 is 15.8 Å². The summed E-state index contributed by atoms with van der Waals surface area (Å²) in [6.45, 7) is 1.47. The Hall–Kier alpha value is -2.14. The van der Waals surface area contributed by atoms with E-state index in [-0.39, 0.29) is 0 Å². The van der Waals surface area contributed by atoms with Crippen molar-refractivity contribution in [2.24, 2.45) is 5.73 Å². The first-order valence-electron chi connectivity index (χ1n) is 6.26. The minimum atomic E-state index is 0.666. The molecule has 0 saturated heterocycles. The van der Waals surface area contributed by atoms with Crippen LogP contribution in [0.4, 0.5) is 5.82 Å². The van der Waals surface area contributed by atoms with E-state index in [0.717, 1.165) is 35.8 Å². The van der Waals surface area contributed by atoms with Crippen molar-refractivity contribution < 1.29 is 4.74 Å². The van der Waals surface area contributed by atoms with Gasteiger partial charge < -0.3 is 15.8 Å². The lowest BCUT2D eigenvalue weighted by Gasteiger charge is -2.08.